The van der Waals surface area contributed by atoms with E-state index in [0.717, 1.165) is 10.4 Å². The van der Waals surface area contributed by atoms with E-state index in [9.17, 15) is 5.11 Å². The molecule has 1 aromatic heterocycles. The van der Waals surface area contributed by atoms with Gasteiger partial charge in [-0.05, 0) is 29.1 Å². The van der Waals surface area contributed by atoms with Crippen LogP contribution in [0.3, 0.4) is 0 Å². The van der Waals surface area contributed by atoms with Gasteiger partial charge in [-0.2, -0.15) is 0 Å². The Morgan fingerprint density at radius 1 is 1.06 bits per heavy atom. The summed E-state index contributed by atoms with van der Waals surface area (Å²) in [5.74, 6) is 0. The Kier molecular flexibility index (Phi) is 4.34. The summed E-state index contributed by atoms with van der Waals surface area (Å²) in [4.78, 5) is 0.739. The lowest BCUT2D eigenvalue weighted by molar-refractivity contribution is 0.182. The molecule has 0 radical (unpaired) electrons. The Bertz CT molecular complexity index is 504. The van der Waals surface area contributed by atoms with E-state index < -0.39 is 6.10 Å². The SMILES string of the molecule is OC(Cc1c(Cl)cccc1Cl)c1sccc1Cl. The van der Waals surface area contributed by atoms with Crippen molar-refractivity contribution in [2.45, 2.75) is 12.5 Å². The second-order valence-corrected chi connectivity index (χ2v) is 5.72. The summed E-state index contributed by atoms with van der Waals surface area (Å²) in [6.07, 6.45) is -0.321. The molecule has 0 saturated carbocycles. The lowest BCUT2D eigenvalue weighted by atomic mass is 10.1. The maximum Gasteiger partial charge on any atom is 0.0938 e. The molecule has 0 aliphatic heterocycles. The monoisotopic (exact) mass is 306 g/mol. The smallest absolute Gasteiger partial charge is 0.0938 e. The summed E-state index contributed by atoms with van der Waals surface area (Å²) in [5.41, 5.74) is 0.743. The molecule has 0 fully saturated rings. The van der Waals surface area contributed by atoms with Gasteiger partial charge >= 0.3 is 0 Å². The van der Waals surface area contributed by atoms with Gasteiger partial charge in [-0.25, -0.2) is 0 Å². The molecule has 2 rings (SSSR count). The van der Waals surface area contributed by atoms with Crippen molar-refractivity contribution >= 4 is 46.1 Å². The standard InChI is InChI=1S/C12H9Cl3OS/c13-8-2-1-3-9(14)7(8)6-11(16)12-10(15)4-5-17-12/h1-5,11,16H,6H2. The maximum atomic E-state index is 10.1. The van der Waals surface area contributed by atoms with E-state index in [1.165, 1.54) is 11.3 Å². The number of thiophene rings is 1. The first kappa shape index (κ1) is 13.2. The summed E-state index contributed by atoms with van der Waals surface area (Å²) in [7, 11) is 0. The van der Waals surface area contributed by atoms with Crippen molar-refractivity contribution in [2.75, 3.05) is 0 Å². The zero-order valence-corrected chi connectivity index (χ0v) is 11.7. The van der Waals surface area contributed by atoms with E-state index in [0.29, 0.717) is 21.5 Å². The van der Waals surface area contributed by atoms with Gasteiger partial charge in [0.05, 0.1) is 16.0 Å². The third-order valence-electron chi connectivity index (χ3n) is 2.41. The third kappa shape index (κ3) is 2.95. The number of benzene rings is 1. The highest BCUT2D eigenvalue weighted by Crippen LogP contribution is 2.34. The molecule has 1 N–H and O–H groups in total. The van der Waals surface area contributed by atoms with E-state index in [2.05, 4.69) is 0 Å². The van der Waals surface area contributed by atoms with Gasteiger partial charge in [0.2, 0.25) is 0 Å². The largest absolute Gasteiger partial charge is 0.387 e. The van der Waals surface area contributed by atoms with Crippen molar-refractivity contribution in [2.24, 2.45) is 0 Å². The average molecular weight is 308 g/mol. The Morgan fingerprint density at radius 2 is 1.71 bits per heavy atom. The normalized spacial score (nSPS) is 12.7. The van der Waals surface area contributed by atoms with Crippen molar-refractivity contribution in [1.29, 1.82) is 0 Å². The Morgan fingerprint density at radius 3 is 2.24 bits per heavy atom. The first-order chi connectivity index (χ1) is 8.09. The molecular formula is C12H9Cl3OS. The predicted molar refractivity (Wildman–Crippen MR) is 74.5 cm³/mol. The van der Waals surface area contributed by atoms with E-state index in [1.807, 2.05) is 5.38 Å². The summed E-state index contributed by atoms with van der Waals surface area (Å²) in [6, 6.07) is 7.05. The van der Waals surface area contributed by atoms with Gasteiger partial charge in [-0.15, -0.1) is 11.3 Å². The van der Waals surface area contributed by atoms with Crippen LogP contribution in [0.25, 0.3) is 0 Å². The van der Waals surface area contributed by atoms with Gasteiger partial charge in [0.15, 0.2) is 0 Å². The zero-order valence-electron chi connectivity index (χ0n) is 8.66. The van der Waals surface area contributed by atoms with Crippen molar-refractivity contribution < 1.29 is 5.11 Å². The third-order valence-corrected chi connectivity index (χ3v) is 4.57. The van der Waals surface area contributed by atoms with Crippen LogP contribution in [0.4, 0.5) is 0 Å². The fraction of sp³-hybridized carbons (Fsp3) is 0.167. The van der Waals surface area contributed by atoms with E-state index in [1.54, 1.807) is 24.3 Å². The van der Waals surface area contributed by atoms with Crippen LogP contribution < -0.4 is 0 Å². The number of aliphatic hydroxyl groups excluding tert-OH is 1. The van der Waals surface area contributed by atoms with E-state index in [-0.39, 0.29) is 0 Å². The first-order valence-electron chi connectivity index (χ1n) is 4.93. The topological polar surface area (TPSA) is 20.2 Å². The molecule has 5 heteroatoms. The minimum Gasteiger partial charge on any atom is -0.387 e. The lowest BCUT2D eigenvalue weighted by Gasteiger charge is -2.12. The molecule has 2 aromatic rings. The maximum absolute atomic E-state index is 10.1. The molecule has 1 atom stereocenters. The number of hydrogen-bond donors (Lipinski definition) is 1. The van der Waals surface area contributed by atoms with Gasteiger partial charge in [0, 0.05) is 16.5 Å². The Hall–Kier alpha value is -0.250. The summed E-state index contributed by atoms with van der Waals surface area (Å²) < 4.78 is 0. The highest BCUT2D eigenvalue weighted by molar-refractivity contribution is 7.10. The molecule has 0 amide bonds. The van der Waals surface area contributed by atoms with Crippen LogP contribution in [0.2, 0.25) is 15.1 Å². The van der Waals surface area contributed by atoms with Gasteiger partial charge in [-0.3, -0.25) is 0 Å². The molecule has 1 aromatic carbocycles. The summed E-state index contributed by atoms with van der Waals surface area (Å²) >= 11 is 19.5. The van der Waals surface area contributed by atoms with Gasteiger partial charge in [0.1, 0.15) is 0 Å². The summed E-state index contributed by atoms with van der Waals surface area (Å²) in [6.45, 7) is 0. The highest BCUT2D eigenvalue weighted by atomic mass is 35.5. The molecule has 1 heterocycles. The second-order valence-electron chi connectivity index (χ2n) is 3.55. The van der Waals surface area contributed by atoms with Crippen LogP contribution in [0.15, 0.2) is 29.6 Å². The Balaban J connectivity index is 2.25. The number of halogens is 3. The van der Waals surface area contributed by atoms with Crippen molar-refractivity contribution in [1.82, 2.24) is 0 Å². The number of hydrogen-bond acceptors (Lipinski definition) is 2. The van der Waals surface area contributed by atoms with Gasteiger partial charge in [0.25, 0.3) is 0 Å². The molecule has 17 heavy (non-hydrogen) atoms. The second kappa shape index (κ2) is 5.59. The van der Waals surface area contributed by atoms with Crippen LogP contribution in [0, 0.1) is 0 Å². The van der Waals surface area contributed by atoms with Crippen LogP contribution in [0.5, 0.6) is 0 Å². The van der Waals surface area contributed by atoms with Crippen LogP contribution in [-0.4, -0.2) is 5.11 Å². The molecule has 90 valence electrons. The van der Waals surface area contributed by atoms with Crippen LogP contribution in [0.1, 0.15) is 16.5 Å². The fourth-order valence-corrected chi connectivity index (χ4v) is 3.28. The highest BCUT2D eigenvalue weighted by Gasteiger charge is 2.16. The van der Waals surface area contributed by atoms with Crippen molar-refractivity contribution in [3.8, 4) is 0 Å². The molecule has 1 nitrogen and oxygen atoms in total. The molecule has 0 spiro atoms. The molecule has 0 aliphatic carbocycles. The minimum atomic E-state index is -0.681. The van der Waals surface area contributed by atoms with Crippen molar-refractivity contribution in [3.63, 3.8) is 0 Å². The quantitative estimate of drug-likeness (QED) is 0.847. The molecule has 1 unspecified atom stereocenters. The molecule has 0 saturated heterocycles. The molecule has 0 aliphatic rings. The summed E-state index contributed by atoms with van der Waals surface area (Å²) in [5, 5.41) is 13.6. The van der Waals surface area contributed by atoms with Crippen LogP contribution in [-0.2, 0) is 6.42 Å². The first-order valence-corrected chi connectivity index (χ1v) is 6.95. The predicted octanol–water partition coefficient (Wildman–Crippen LogP) is 4.98. The fourth-order valence-electron chi connectivity index (χ4n) is 1.56. The zero-order chi connectivity index (χ0) is 12.4. The number of aliphatic hydroxyl groups is 1. The van der Waals surface area contributed by atoms with Crippen molar-refractivity contribution in [3.05, 3.63) is 55.2 Å². The average Bonchev–Trinajstić information content (AvgIpc) is 2.70. The minimum absolute atomic E-state index is 0.360. The molecular weight excluding hydrogens is 299 g/mol. The Labute approximate surface area is 119 Å². The van der Waals surface area contributed by atoms with E-state index >= 15 is 0 Å². The van der Waals surface area contributed by atoms with Crippen LogP contribution >= 0.6 is 46.1 Å². The van der Waals surface area contributed by atoms with E-state index in [4.69, 9.17) is 34.8 Å². The van der Waals surface area contributed by atoms with Gasteiger partial charge in [-0.1, -0.05) is 40.9 Å². The van der Waals surface area contributed by atoms with Gasteiger partial charge < -0.3 is 5.11 Å². The molecule has 0 bridgehead atoms. The number of rotatable bonds is 3. The lowest BCUT2D eigenvalue weighted by Crippen LogP contribution is -2.01.